The summed E-state index contributed by atoms with van der Waals surface area (Å²) in [7, 11) is 0. The quantitative estimate of drug-likeness (QED) is 0.508. The molecule has 0 aliphatic heterocycles. The van der Waals surface area contributed by atoms with E-state index in [1.807, 2.05) is 12.1 Å². The summed E-state index contributed by atoms with van der Waals surface area (Å²) in [5.74, 6) is 0.569. The normalized spacial score (nSPS) is 16.4. The number of thiophene rings is 1. The van der Waals surface area contributed by atoms with Crippen molar-refractivity contribution in [3.63, 3.8) is 0 Å². The number of carbonyl (C=O) groups excluding carboxylic acids is 1. The van der Waals surface area contributed by atoms with Crippen LogP contribution in [0.15, 0.2) is 35.5 Å². The van der Waals surface area contributed by atoms with Crippen molar-refractivity contribution in [1.29, 1.82) is 0 Å². The average Bonchev–Trinajstić information content (AvgIpc) is 3.31. The molecule has 29 heavy (non-hydrogen) atoms. The van der Waals surface area contributed by atoms with Crippen LogP contribution in [0.25, 0.3) is 21.1 Å². The van der Waals surface area contributed by atoms with Crippen LogP contribution < -0.4 is 5.56 Å². The van der Waals surface area contributed by atoms with Crippen LogP contribution in [0.4, 0.5) is 0 Å². The number of nitrogens with zero attached hydrogens (tertiary/aromatic N) is 2. The van der Waals surface area contributed by atoms with Crippen LogP contribution in [-0.4, -0.2) is 20.3 Å². The summed E-state index contributed by atoms with van der Waals surface area (Å²) in [6.45, 7) is 4.36. The maximum Gasteiger partial charge on any atom is 0.262 e. The molecule has 1 aromatic carbocycles. The van der Waals surface area contributed by atoms with E-state index in [2.05, 4.69) is 29.9 Å². The van der Waals surface area contributed by atoms with Gasteiger partial charge in [0.15, 0.2) is 5.78 Å². The topological polar surface area (TPSA) is 67.8 Å². The van der Waals surface area contributed by atoms with Crippen molar-refractivity contribution in [2.45, 2.75) is 46.1 Å². The van der Waals surface area contributed by atoms with Gasteiger partial charge in [-0.1, -0.05) is 32.0 Å². The van der Waals surface area contributed by atoms with Gasteiger partial charge < -0.3 is 4.98 Å². The van der Waals surface area contributed by atoms with E-state index in [4.69, 9.17) is 0 Å². The smallest absolute Gasteiger partial charge is 0.262 e. The molecule has 0 bridgehead atoms. The van der Waals surface area contributed by atoms with E-state index >= 15 is 0 Å². The third-order valence-corrected chi connectivity index (χ3v) is 7.24. The fourth-order valence-electron chi connectivity index (χ4n) is 4.46. The average molecular weight is 406 g/mol. The Morgan fingerprint density at radius 2 is 2.24 bits per heavy atom. The first-order chi connectivity index (χ1) is 14.1. The third-order valence-electron chi connectivity index (χ3n) is 6.08. The lowest BCUT2D eigenvalue weighted by molar-refractivity contribution is 0.0972. The van der Waals surface area contributed by atoms with Crippen molar-refractivity contribution in [2.75, 3.05) is 0 Å². The van der Waals surface area contributed by atoms with Crippen molar-refractivity contribution in [3.8, 4) is 0 Å². The molecule has 4 aromatic rings. The molecule has 0 saturated carbocycles. The van der Waals surface area contributed by atoms with Gasteiger partial charge in [0.1, 0.15) is 4.83 Å². The van der Waals surface area contributed by atoms with Gasteiger partial charge in [0.25, 0.3) is 5.56 Å². The van der Waals surface area contributed by atoms with Crippen LogP contribution >= 0.6 is 11.3 Å². The van der Waals surface area contributed by atoms with Gasteiger partial charge in [-0.15, -0.1) is 11.3 Å². The van der Waals surface area contributed by atoms with Crippen molar-refractivity contribution < 1.29 is 4.79 Å². The minimum absolute atomic E-state index is 0.00605. The Kier molecular flexibility index (Phi) is 4.39. The molecule has 148 valence electrons. The van der Waals surface area contributed by atoms with Crippen LogP contribution in [-0.2, 0) is 25.8 Å². The van der Waals surface area contributed by atoms with Gasteiger partial charge in [0.2, 0.25) is 0 Å². The number of Topliss-reactive ketones (excluding diaryl/α,β-unsaturated/α-hetero) is 1. The summed E-state index contributed by atoms with van der Waals surface area (Å²) < 4.78 is 1.47. The Bertz CT molecular complexity index is 1310. The maximum absolute atomic E-state index is 13.2. The lowest BCUT2D eigenvalue weighted by Gasteiger charge is -2.17. The van der Waals surface area contributed by atoms with Gasteiger partial charge in [0.05, 0.1) is 18.3 Å². The number of benzene rings is 1. The van der Waals surface area contributed by atoms with Crippen molar-refractivity contribution in [2.24, 2.45) is 5.92 Å². The summed E-state index contributed by atoms with van der Waals surface area (Å²) in [6.07, 6.45) is 7.23. The van der Waals surface area contributed by atoms with Crippen LogP contribution in [0.3, 0.4) is 0 Å². The second kappa shape index (κ2) is 6.95. The molecule has 3 aromatic heterocycles. The maximum atomic E-state index is 13.2. The zero-order chi connectivity index (χ0) is 20.1. The summed E-state index contributed by atoms with van der Waals surface area (Å²) in [6, 6.07) is 6.00. The molecule has 1 aliphatic rings. The first-order valence-corrected chi connectivity index (χ1v) is 11.0. The number of aromatic nitrogens is 3. The fourth-order valence-corrected chi connectivity index (χ4v) is 5.80. The molecular formula is C23H23N3O2S. The lowest BCUT2D eigenvalue weighted by Crippen LogP contribution is -2.25. The number of hydrogen-bond acceptors (Lipinski definition) is 4. The highest BCUT2D eigenvalue weighted by Gasteiger charge is 2.24. The highest BCUT2D eigenvalue weighted by molar-refractivity contribution is 7.18. The molecule has 0 fully saturated rings. The molecule has 0 radical (unpaired) electrons. The standard InChI is InChI=1S/C23H23N3O2S/c1-3-14-5-4-6-15-17(10-24-21(14)15)18(27)11-26-12-25-22-20(23(26)28)16-8-7-13(2)9-19(16)29-22/h4-6,10,12-13,24H,3,7-9,11H2,1-2H3. The van der Waals surface area contributed by atoms with Crippen LogP contribution in [0.1, 0.15) is 46.6 Å². The van der Waals surface area contributed by atoms with Crippen LogP contribution in [0, 0.1) is 5.92 Å². The molecule has 1 N–H and O–H groups in total. The lowest BCUT2D eigenvalue weighted by atomic mass is 9.89. The number of aromatic amines is 1. The minimum Gasteiger partial charge on any atom is -0.360 e. The zero-order valence-electron chi connectivity index (χ0n) is 16.6. The third kappa shape index (κ3) is 2.94. The number of para-hydroxylation sites is 1. The van der Waals surface area contributed by atoms with Gasteiger partial charge in [-0.3, -0.25) is 14.2 Å². The number of nitrogens with one attached hydrogen (secondary N) is 1. The monoisotopic (exact) mass is 405 g/mol. The first kappa shape index (κ1) is 18.3. The van der Waals surface area contributed by atoms with E-state index in [1.165, 1.54) is 21.3 Å². The van der Waals surface area contributed by atoms with E-state index in [0.717, 1.165) is 52.4 Å². The number of rotatable bonds is 4. The predicted molar refractivity (Wildman–Crippen MR) is 117 cm³/mol. The van der Waals surface area contributed by atoms with E-state index in [9.17, 15) is 9.59 Å². The van der Waals surface area contributed by atoms with Gasteiger partial charge >= 0.3 is 0 Å². The second-order valence-corrected chi connectivity index (χ2v) is 9.11. The van der Waals surface area contributed by atoms with Gasteiger partial charge in [-0.05, 0) is 42.7 Å². The number of aryl methyl sites for hydroxylation is 2. The summed E-state index contributed by atoms with van der Waals surface area (Å²) >= 11 is 1.63. The summed E-state index contributed by atoms with van der Waals surface area (Å²) in [5.41, 5.74) is 3.87. The molecule has 0 saturated heterocycles. The number of ketones is 1. The Labute approximate surface area is 172 Å². The second-order valence-electron chi connectivity index (χ2n) is 8.03. The molecule has 6 heteroatoms. The van der Waals surface area contributed by atoms with Crippen LogP contribution in [0.5, 0.6) is 0 Å². The SMILES string of the molecule is CCc1cccc2c(C(=O)Cn3cnc4sc5c(c4c3=O)CCC(C)C5)c[nH]c12. The van der Waals surface area contributed by atoms with Gasteiger partial charge in [0, 0.05) is 27.5 Å². The number of fused-ring (bicyclic) bond motifs is 4. The Morgan fingerprint density at radius 3 is 3.07 bits per heavy atom. The molecule has 3 heterocycles. The molecule has 0 spiro atoms. The first-order valence-electron chi connectivity index (χ1n) is 10.2. The highest BCUT2D eigenvalue weighted by Crippen LogP contribution is 2.35. The van der Waals surface area contributed by atoms with Gasteiger partial charge in [-0.2, -0.15) is 0 Å². The highest BCUT2D eigenvalue weighted by atomic mass is 32.1. The van der Waals surface area contributed by atoms with Crippen molar-refractivity contribution >= 4 is 38.2 Å². The molecule has 1 atom stereocenters. The Hall–Kier alpha value is -2.73. The summed E-state index contributed by atoms with van der Waals surface area (Å²) in [5, 5.41) is 1.64. The molecule has 1 aliphatic carbocycles. The molecule has 0 amide bonds. The Balaban J connectivity index is 1.53. The largest absolute Gasteiger partial charge is 0.360 e. The molecule has 5 rings (SSSR count). The van der Waals surface area contributed by atoms with Crippen molar-refractivity contribution in [1.82, 2.24) is 14.5 Å². The number of hydrogen-bond donors (Lipinski definition) is 1. The van der Waals surface area contributed by atoms with Gasteiger partial charge in [-0.25, -0.2) is 4.98 Å². The van der Waals surface area contributed by atoms with E-state index in [1.54, 1.807) is 17.5 Å². The molecule has 1 unspecified atom stereocenters. The molecular weight excluding hydrogens is 382 g/mol. The van der Waals surface area contributed by atoms with E-state index in [0.29, 0.717) is 11.5 Å². The van der Waals surface area contributed by atoms with Crippen molar-refractivity contribution in [3.05, 3.63) is 62.6 Å². The van der Waals surface area contributed by atoms with Crippen LogP contribution in [0.2, 0.25) is 0 Å². The van der Waals surface area contributed by atoms with E-state index in [-0.39, 0.29) is 17.9 Å². The zero-order valence-corrected chi connectivity index (χ0v) is 17.4. The molecule has 5 nitrogen and oxygen atoms in total. The number of carbonyl (C=O) groups is 1. The number of H-pyrrole nitrogens is 1. The summed E-state index contributed by atoms with van der Waals surface area (Å²) in [4.78, 5) is 36.1. The predicted octanol–water partition coefficient (Wildman–Crippen LogP) is 4.51. The minimum atomic E-state index is -0.0931. The Morgan fingerprint density at radius 1 is 1.38 bits per heavy atom. The fraction of sp³-hybridized carbons (Fsp3) is 0.348. The van der Waals surface area contributed by atoms with E-state index < -0.39 is 0 Å².